The summed E-state index contributed by atoms with van der Waals surface area (Å²) in [4.78, 5) is 22.7. The normalized spacial score (nSPS) is 10.7. The fourth-order valence-electron chi connectivity index (χ4n) is 1.53. The van der Waals surface area contributed by atoms with Gasteiger partial charge in [-0.2, -0.15) is 0 Å². The Morgan fingerprint density at radius 3 is 2.35 bits per heavy atom. The quantitative estimate of drug-likeness (QED) is 0.498. The van der Waals surface area contributed by atoms with Crippen molar-refractivity contribution in [1.82, 2.24) is 5.32 Å². The SMILES string of the molecule is CCOC(=O)CCC(=O)NC(=S)Nc1ccc(S(N)(=O)=O)cc1. The number of hydrogen-bond donors (Lipinski definition) is 3. The van der Waals surface area contributed by atoms with Crippen LogP contribution < -0.4 is 15.8 Å². The van der Waals surface area contributed by atoms with E-state index in [9.17, 15) is 18.0 Å². The Morgan fingerprint density at radius 1 is 1.22 bits per heavy atom. The summed E-state index contributed by atoms with van der Waals surface area (Å²) in [5, 5.41) is 10.1. The van der Waals surface area contributed by atoms with Crippen molar-refractivity contribution in [3.05, 3.63) is 24.3 Å². The van der Waals surface area contributed by atoms with Gasteiger partial charge in [0, 0.05) is 12.1 Å². The van der Waals surface area contributed by atoms with Crippen molar-refractivity contribution in [2.45, 2.75) is 24.7 Å². The van der Waals surface area contributed by atoms with E-state index in [1.165, 1.54) is 24.3 Å². The Hall–Kier alpha value is -2.04. The first kappa shape index (κ1) is 19.0. The molecule has 0 aliphatic heterocycles. The molecule has 23 heavy (non-hydrogen) atoms. The molecule has 0 bridgehead atoms. The number of anilines is 1. The van der Waals surface area contributed by atoms with E-state index < -0.39 is 21.9 Å². The van der Waals surface area contributed by atoms with Crippen LogP contribution in [-0.4, -0.2) is 32.0 Å². The molecule has 10 heteroatoms. The minimum absolute atomic E-state index is 0.0298. The predicted molar refractivity (Wildman–Crippen MR) is 88.0 cm³/mol. The van der Waals surface area contributed by atoms with Gasteiger partial charge in [0.25, 0.3) is 0 Å². The molecule has 8 nitrogen and oxygen atoms in total. The highest BCUT2D eigenvalue weighted by Crippen LogP contribution is 2.12. The van der Waals surface area contributed by atoms with Gasteiger partial charge in [0.15, 0.2) is 5.11 Å². The average Bonchev–Trinajstić information content (AvgIpc) is 2.45. The number of primary sulfonamides is 1. The lowest BCUT2D eigenvalue weighted by atomic mass is 10.3. The number of ether oxygens (including phenoxy) is 1. The van der Waals surface area contributed by atoms with Crippen LogP contribution in [0.25, 0.3) is 0 Å². The molecule has 1 aromatic rings. The molecule has 0 radical (unpaired) electrons. The molecule has 0 aromatic heterocycles. The van der Waals surface area contributed by atoms with E-state index in [2.05, 4.69) is 10.6 Å². The van der Waals surface area contributed by atoms with Crippen molar-refractivity contribution in [2.75, 3.05) is 11.9 Å². The van der Waals surface area contributed by atoms with Gasteiger partial charge in [-0.25, -0.2) is 13.6 Å². The minimum atomic E-state index is -3.76. The number of carbonyl (C=O) groups is 2. The molecule has 1 rings (SSSR count). The molecule has 0 atom stereocenters. The number of amides is 1. The Labute approximate surface area is 139 Å². The number of sulfonamides is 1. The summed E-state index contributed by atoms with van der Waals surface area (Å²) in [6, 6.07) is 5.53. The fourth-order valence-corrected chi connectivity index (χ4v) is 2.28. The maximum absolute atomic E-state index is 11.6. The maximum Gasteiger partial charge on any atom is 0.306 e. The molecule has 0 heterocycles. The average molecular weight is 359 g/mol. The predicted octanol–water partition coefficient (Wildman–Crippen LogP) is 0.490. The molecule has 0 aliphatic carbocycles. The van der Waals surface area contributed by atoms with Crippen LogP contribution in [-0.2, 0) is 24.3 Å². The summed E-state index contributed by atoms with van der Waals surface area (Å²) >= 11 is 4.95. The third-order valence-electron chi connectivity index (χ3n) is 2.56. The lowest BCUT2D eigenvalue weighted by Gasteiger charge is -2.09. The molecule has 0 saturated heterocycles. The second-order valence-corrected chi connectivity index (χ2v) is 6.35. The molecule has 0 unspecified atom stereocenters. The van der Waals surface area contributed by atoms with Crippen LogP contribution in [0.2, 0.25) is 0 Å². The highest BCUT2D eigenvalue weighted by atomic mass is 32.2. The van der Waals surface area contributed by atoms with Gasteiger partial charge in [-0.1, -0.05) is 0 Å². The number of esters is 1. The number of rotatable bonds is 6. The number of thiocarbonyl (C=S) groups is 1. The van der Waals surface area contributed by atoms with Crippen molar-refractivity contribution in [3.8, 4) is 0 Å². The van der Waals surface area contributed by atoms with Crippen molar-refractivity contribution in [3.63, 3.8) is 0 Å². The molecule has 0 fully saturated rings. The van der Waals surface area contributed by atoms with Gasteiger partial charge in [-0.3, -0.25) is 9.59 Å². The lowest BCUT2D eigenvalue weighted by Crippen LogP contribution is -2.34. The van der Waals surface area contributed by atoms with Gasteiger partial charge < -0.3 is 15.4 Å². The summed E-state index contributed by atoms with van der Waals surface area (Å²) in [6.07, 6.45) is -0.0870. The Bertz CT molecular complexity index is 686. The van der Waals surface area contributed by atoms with E-state index in [-0.39, 0.29) is 29.5 Å². The highest BCUT2D eigenvalue weighted by Gasteiger charge is 2.10. The number of nitrogens with one attached hydrogen (secondary N) is 2. The smallest absolute Gasteiger partial charge is 0.306 e. The summed E-state index contributed by atoms with van der Waals surface area (Å²) in [6.45, 7) is 1.94. The highest BCUT2D eigenvalue weighted by molar-refractivity contribution is 7.89. The topological polar surface area (TPSA) is 128 Å². The number of hydrogen-bond acceptors (Lipinski definition) is 6. The second-order valence-electron chi connectivity index (χ2n) is 4.38. The lowest BCUT2D eigenvalue weighted by molar-refractivity contribution is -0.144. The zero-order valence-electron chi connectivity index (χ0n) is 12.4. The van der Waals surface area contributed by atoms with Gasteiger partial charge in [-0.05, 0) is 43.4 Å². The second kappa shape index (κ2) is 8.56. The summed E-state index contributed by atoms with van der Waals surface area (Å²) in [5.41, 5.74) is 0.480. The van der Waals surface area contributed by atoms with Crippen LogP contribution in [0.5, 0.6) is 0 Å². The summed E-state index contributed by atoms with van der Waals surface area (Å²) in [7, 11) is -3.76. The Balaban J connectivity index is 2.47. The number of benzene rings is 1. The van der Waals surface area contributed by atoms with Crippen LogP contribution in [0, 0.1) is 0 Å². The number of carbonyl (C=O) groups excluding carboxylic acids is 2. The first-order valence-corrected chi connectivity index (χ1v) is 8.57. The van der Waals surface area contributed by atoms with E-state index in [4.69, 9.17) is 22.1 Å². The van der Waals surface area contributed by atoms with Crippen LogP contribution in [0.3, 0.4) is 0 Å². The zero-order chi connectivity index (χ0) is 17.5. The van der Waals surface area contributed by atoms with Gasteiger partial charge >= 0.3 is 5.97 Å². The van der Waals surface area contributed by atoms with Crippen molar-refractivity contribution in [2.24, 2.45) is 5.14 Å². The van der Waals surface area contributed by atoms with E-state index in [1.807, 2.05) is 0 Å². The fraction of sp³-hybridized carbons (Fsp3) is 0.308. The molecular formula is C13H17N3O5S2. The molecule has 1 aromatic carbocycles. The van der Waals surface area contributed by atoms with Gasteiger partial charge in [0.1, 0.15) is 0 Å². The summed E-state index contributed by atoms with van der Waals surface area (Å²) in [5.74, 6) is -0.892. The van der Waals surface area contributed by atoms with Gasteiger partial charge in [-0.15, -0.1) is 0 Å². The zero-order valence-corrected chi connectivity index (χ0v) is 14.0. The maximum atomic E-state index is 11.6. The first-order chi connectivity index (χ1) is 10.7. The van der Waals surface area contributed by atoms with Crippen molar-refractivity contribution >= 4 is 44.9 Å². The molecule has 0 spiro atoms. The van der Waals surface area contributed by atoms with Crippen LogP contribution >= 0.6 is 12.2 Å². The molecule has 0 aliphatic rings. The van der Waals surface area contributed by atoms with E-state index in [0.29, 0.717) is 5.69 Å². The largest absolute Gasteiger partial charge is 0.466 e. The molecule has 4 N–H and O–H groups in total. The third-order valence-corrected chi connectivity index (χ3v) is 3.69. The molecular weight excluding hydrogens is 342 g/mol. The first-order valence-electron chi connectivity index (χ1n) is 6.61. The van der Waals surface area contributed by atoms with Crippen LogP contribution in [0.4, 0.5) is 5.69 Å². The van der Waals surface area contributed by atoms with Crippen molar-refractivity contribution in [1.29, 1.82) is 0 Å². The minimum Gasteiger partial charge on any atom is -0.466 e. The van der Waals surface area contributed by atoms with Crippen molar-refractivity contribution < 1.29 is 22.7 Å². The Kier molecular flexibility index (Phi) is 7.07. The van der Waals surface area contributed by atoms with Gasteiger partial charge in [0.05, 0.1) is 17.9 Å². The molecule has 126 valence electrons. The van der Waals surface area contributed by atoms with Crippen LogP contribution in [0.15, 0.2) is 29.2 Å². The third kappa shape index (κ3) is 7.17. The van der Waals surface area contributed by atoms with Gasteiger partial charge in [0.2, 0.25) is 15.9 Å². The molecule has 0 saturated carbocycles. The van der Waals surface area contributed by atoms with Crippen LogP contribution in [0.1, 0.15) is 19.8 Å². The summed E-state index contributed by atoms with van der Waals surface area (Å²) < 4.78 is 26.9. The van der Waals surface area contributed by atoms with E-state index in [0.717, 1.165) is 0 Å². The number of nitrogens with two attached hydrogens (primary N) is 1. The molecule has 1 amide bonds. The van der Waals surface area contributed by atoms with E-state index >= 15 is 0 Å². The van der Waals surface area contributed by atoms with E-state index in [1.54, 1.807) is 6.92 Å². The monoisotopic (exact) mass is 359 g/mol. The standard InChI is InChI=1S/C13H17N3O5S2/c1-2-21-12(18)8-7-11(17)16-13(22)15-9-3-5-10(6-4-9)23(14,19)20/h3-6H,2,7-8H2,1H3,(H2,14,19,20)(H2,15,16,17,22). The Morgan fingerprint density at radius 2 is 1.83 bits per heavy atom.